The Morgan fingerprint density at radius 1 is 0.812 bits per heavy atom. The molecule has 0 bridgehead atoms. The standard InChI is InChI=1S/C28H20O4/c1-2-30-27(29)24-17-23-21-10-6-4-8-19(21)12-14-26(23)32-28(24)16-15-22-20-9-5-3-7-18(20)11-13-25(22)31-28/h3-17H,2H2,1H3. The smallest absolute Gasteiger partial charge is 0.342 e. The van der Waals surface area contributed by atoms with Crippen LogP contribution in [-0.4, -0.2) is 18.4 Å². The highest BCUT2D eigenvalue weighted by Crippen LogP contribution is 2.45. The molecule has 0 aromatic heterocycles. The van der Waals surface area contributed by atoms with Crippen LogP contribution >= 0.6 is 0 Å². The maximum absolute atomic E-state index is 13.1. The number of carbonyl (C=O) groups excluding carboxylic acids is 1. The molecule has 0 N–H and O–H groups in total. The van der Waals surface area contributed by atoms with E-state index in [2.05, 4.69) is 12.1 Å². The molecule has 4 aromatic carbocycles. The average Bonchev–Trinajstić information content (AvgIpc) is 2.83. The molecule has 2 aliphatic rings. The molecule has 6 rings (SSSR count). The van der Waals surface area contributed by atoms with Gasteiger partial charge >= 0.3 is 11.8 Å². The van der Waals surface area contributed by atoms with Crippen LogP contribution in [0.1, 0.15) is 18.1 Å². The van der Waals surface area contributed by atoms with Gasteiger partial charge in [0, 0.05) is 17.2 Å². The predicted molar refractivity (Wildman–Crippen MR) is 126 cm³/mol. The molecule has 1 atom stereocenters. The Hall–Kier alpha value is -4.05. The number of esters is 1. The van der Waals surface area contributed by atoms with Gasteiger partial charge in [-0.1, -0.05) is 60.7 Å². The molecule has 4 aromatic rings. The van der Waals surface area contributed by atoms with Crippen LogP contribution in [0.5, 0.6) is 11.5 Å². The summed E-state index contributed by atoms with van der Waals surface area (Å²) in [6.45, 7) is 2.05. The fourth-order valence-corrected chi connectivity index (χ4v) is 4.51. The summed E-state index contributed by atoms with van der Waals surface area (Å²) in [7, 11) is 0. The zero-order chi connectivity index (χ0) is 21.7. The van der Waals surface area contributed by atoms with Crippen molar-refractivity contribution in [2.24, 2.45) is 0 Å². The van der Waals surface area contributed by atoms with Gasteiger partial charge in [-0.05, 0) is 52.8 Å². The van der Waals surface area contributed by atoms with Crippen LogP contribution in [0.4, 0.5) is 0 Å². The zero-order valence-electron chi connectivity index (χ0n) is 17.5. The summed E-state index contributed by atoms with van der Waals surface area (Å²) in [5, 5.41) is 4.29. The quantitative estimate of drug-likeness (QED) is 0.366. The van der Waals surface area contributed by atoms with Crippen molar-refractivity contribution in [3.05, 3.63) is 95.6 Å². The topological polar surface area (TPSA) is 44.8 Å². The predicted octanol–water partition coefficient (Wildman–Crippen LogP) is 6.13. The molecule has 0 saturated carbocycles. The maximum atomic E-state index is 13.1. The number of hydrogen-bond donors (Lipinski definition) is 0. The molecule has 156 valence electrons. The first-order valence-electron chi connectivity index (χ1n) is 10.7. The molecule has 32 heavy (non-hydrogen) atoms. The third kappa shape index (κ3) is 2.73. The highest BCUT2D eigenvalue weighted by atomic mass is 16.7. The molecule has 0 radical (unpaired) electrons. The lowest BCUT2D eigenvalue weighted by Gasteiger charge is -2.38. The molecule has 0 aliphatic carbocycles. The minimum atomic E-state index is -1.39. The van der Waals surface area contributed by atoms with E-state index in [1.807, 2.05) is 78.9 Å². The lowest BCUT2D eigenvalue weighted by Crippen LogP contribution is -2.48. The largest absolute Gasteiger partial charge is 0.462 e. The van der Waals surface area contributed by atoms with Gasteiger partial charge in [-0.3, -0.25) is 0 Å². The minimum Gasteiger partial charge on any atom is -0.462 e. The number of fused-ring (bicyclic) bond motifs is 6. The van der Waals surface area contributed by atoms with Gasteiger partial charge in [0.25, 0.3) is 0 Å². The first-order chi connectivity index (χ1) is 15.7. The van der Waals surface area contributed by atoms with Crippen LogP contribution in [0.3, 0.4) is 0 Å². The number of ether oxygens (including phenoxy) is 3. The molecule has 0 amide bonds. The van der Waals surface area contributed by atoms with Crippen molar-refractivity contribution < 1.29 is 19.0 Å². The van der Waals surface area contributed by atoms with Gasteiger partial charge in [0.2, 0.25) is 0 Å². The maximum Gasteiger partial charge on any atom is 0.342 e. The van der Waals surface area contributed by atoms with Gasteiger partial charge in [-0.25, -0.2) is 4.79 Å². The first-order valence-corrected chi connectivity index (χ1v) is 10.7. The summed E-state index contributed by atoms with van der Waals surface area (Å²) in [5.41, 5.74) is 2.13. The summed E-state index contributed by atoms with van der Waals surface area (Å²) in [5.74, 6) is -0.534. The second-order valence-electron chi connectivity index (χ2n) is 7.88. The molecule has 2 aliphatic heterocycles. The molecule has 1 unspecified atom stereocenters. The normalized spacial score (nSPS) is 18.5. The molecule has 1 spiro atoms. The van der Waals surface area contributed by atoms with E-state index in [0.29, 0.717) is 17.1 Å². The van der Waals surface area contributed by atoms with Crippen molar-refractivity contribution in [3.8, 4) is 11.5 Å². The van der Waals surface area contributed by atoms with Crippen LogP contribution < -0.4 is 9.47 Å². The molecule has 0 saturated heterocycles. The molecule has 2 heterocycles. The molecular weight excluding hydrogens is 400 g/mol. The lowest BCUT2D eigenvalue weighted by atomic mass is 9.92. The Bertz CT molecular complexity index is 1460. The van der Waals surface area contributed by atoms with Crippen molar-refractivity contribution in [1.82, 2.24) is 0 Å². The second kappa shape index (κ2) is 6.99. The van der Waals surface area contributed by atoms with Crippen LogP contribution in [0.15, 0.2) is 84.4 Å². The monoisotopic (exact) mass is 420 g/mol. The summed E-state index contributed by atoms with van der Waals surface area (Å²) < 4.78 is 18.3. The van der Waals surface area contributed by atoms with Crippen LogP contribution in [0, 0.1) is 0 Å². The zero-order valence-corrected chi connectivity index (χ0v) is 17.5. The van der Waals surface area contributed by atoms with E-state index >= 15 is 0 Å². The molecule has 4 heteroatoms. The Labute approximate surface area is 185 Å². The molecular formula is C28H20O4. The third-order valence-corrected chi connectivity index (χ3v) is 6.01. The third-order valence-electron chi connectivity index (χ3n) is 6.01. The number of rotatable bonds is 2. The Morgan fingerprint density at radius 3 is 2.06 bits per heavy atom. The highest BCUT2D eigenvalue weighted by molar-refractivity contribution is 6.03. The van der Waals surface area contributed by atoms with E-state index in [4.69, 9.17) is 14.2 Å². The fourth-order valence-electron chi connectivity index (χ4n) is 4.51. The van der Waals surface area contributed by atoms with Crippen molar-refractivity contribution in [2.75, 3.05) is 6.61 Å². The molecule has 4 nitrogen and oxygen atoms in total. The van der Waals surface area contributed by atoms with Crippen molar-refractivity contribution in [1.29, 1.82) is 0 Å². The van der Waals surface area contributed by atoms with Crippen molar-refractivity contribution in [2.45, 2.75) is 12.7 Å². The van der Waals surface area contributed by atoms with Crippen LogP contribution in [-0.2, 0) is 9.53 Å². The fraction of sp³-hybridized carbons (Fsp3) is 0.107. The van der Waals surface area contributed by atoms with Gasteiger partial charge in [0.1, 0.15) is 17.1 Å². The molecule has 0 fully saturated rings. The first kappa shape index (κ1) is 18.7. The van der Waals surface area contributed by atoms with E-state index in [1.165, 1.54) is 0 Å². The lowest BCUT2D eigenvalue weighted by molar-refractivity contribution is -0.144. The van der Waals surface area contributed by atoms with E-state index in [9.17, 15) is 4.79 Å². The Morgan fingerprint density at radius 2 is 1.41 bits per heavy atom. The minimum absolute atomic E-state index is 0.263. The van der Waals surface area contributed by atoms with Gasteiger partial charge in [-0.15, -0.1) is 0 Å². The van der Waals surface area contributed by atoms with Gasteiger partial charge in [0.05, 0.1) is 6.61 Å². The highest BCUT2D eigenvalue weighted by Gasteiger charge is 2.47. The second-order valence-corrected chi connectivity index (χ2v) is 7.88. The SMILES string of the molecule is CCOC(=O)C1=Cc2c(ccc3ccccc23)OC12C=Cc1c(ccc3ccccc13)O2. The van der Waals surface area contributed by atoms with Crippen LogP contribution in [0.2, 0.25) is 0 Å². The van der Waals surface area contributed by atoms with Crippen LogP contribution in [0.25, 0.3) is 33.7 Å². The van der Waals surface area contributed by atoms with Crippen molar-refractivity contribution in [3.63, 3.8) is 0 Å². The van der Waals surface area contributed by atoms with Crippen molar-refractivity contribution >= 4 is 39.7 Å². The number of carbonyl (C=O) groups is 1. The van der Waals surface area contributed by atoms with Gasteiger partial charge in [0.15, 0.2) is 0 Å². The average molecular weight is 420 g/mol. The summed E-state index contributed by atoms with van der Waals surface area (Å²) in [6, 6.07) is 24.0. The number of hydrogen-bond acceptors (Lipinski definition) is 4. The van der Waals surface area contributed by atoms with E-state index in [1.54, 1.807) is 6.92 Å². The Balaban J connectivity index is 1.54. The summed E-state index contributed by atoms with van der Waals surface area (Å²) in [4.78, 5) is 13.1. The van der Waals surface area contributed by atoms with E-state index in [0.717, 1.165) is 32.7 Å². The van der Waals surface area contributed by atoms with Gasteiger partial charge < -0.3 is 14.2 Å². The van der Waals surface area contributed by atoms with E-state index in [-0.39, 0.29) is 6.61 Å². The summed E-state index contributed by atoms with van der Waals surface area (Å²) in [6.07, 6.45) is 5.62. The Kier molecular flexibility index (Phi) is 4.08. The van der Waals surface area contributed by atoms with Gasteiger partial charge in [-0.2, -0.15) is 0 Å². The number of benzene rings is 4. The summed E-state index contributed by atoms with van der Waals surface area (Å²) >= 11 is 0. The van der Waals surface area contributed by atoms with E-state index < -0.39 is 11.8 Å².